The van der Waals surface area contributed by atoms with Crippen molar-refractivity contribution in [2.24, 2.45) is 0 Å². The van der Waals surface area contributed by atoms with Crippen LogP contribution in [-0.2, 0) is 9.53 Å². The number of hydrogen-bond donors (Lipinski definition) is 0. The second-order valence-corrected chi connectivity index (χ2v) is 7.63. The van der Waals surface area contributed by atoms with Crippen molar-refractivity contribution in [2.75, 3.05) is 6.61 Å². The van der Waals surface area contributed by atoms with Gasteiger partial charge >= 0.3 is 5.97 Å². The van der Waals surface area contributed by atoms with Gasteiger partial charge in [0, 0.05) is 6.42 Å². The Hall–Kier alpha value is -0.530. The lowest BCUT2D eigenvalue weighted by Gasteiger charge is -2.05. The molecule has 0 aliphatic carbocycles. The molecule has 0 rings (SSSR count). The zero-order valence-electron chi connectivity index (χ0n) is 17.5. The fraction of sp³-hybridized carbons (Fsp3) is 0.957. The molecule has 0 fully saturated rings. The third-order valence-electron chi connectivity index (χ3n) is 5.00. The average Bonchev–Trinajstić information content (AvgIpc) is 2.62. The van der Waals surface area contributed by atoms with Gasteiger partial charge < -0.3 is 4.74 Å². The lowest BCUT2D eigenvalue weighted by molar-refractivity contribution is -0.143. The van der Waals surface area contributed by atoms with Gasteiger partial charge in [0.1, 0.15) is 0 Å². The van der Waals surface area contributed by atoms with E-state index in [1.807, 2.05) is 0 Å². The first-order valence-electron chi connectivity index (χ1n) is 11.5. The van der Waals surface area contributed by atoms with E-state index in [1.165, 1.54) is 103 Å². The number of carbonyl (C=O) groups excluding carboxylic acids is 1. The summed E-state index contributed by atoms with van der Waals surface area (Å²) in [6.07, 6.45) is 24.0. The fourth-order valence-electron chi connectivity index (χ4n) is 3.25. The van der Waals surface area contributed by atoms with E-state index in [1.54, 1.807) is 0 Å². The molecule has 0 saturated carbocycles. The van der Waals surface area contributed by atoms with Crippen LogP contribution in [0.25, 0.3) is 0 Å². The number of rotatable bonds is 20. The van der Waals surface area contributed by atoms with E-state index in [0.29, 0.717) is 13.0 Å². The van der Waals surface area contributed by atoms with E-state index in [0.717, 1.165) is 12.8 Å². The number of esters is 1. The summed E-state index contributed by atoms with van der Waals surface area (Å²) in [6.45, 7) is 5.15. The van der Waals surface area contributed by atoms with Crippen LogP contribution in [0.15, 0.2) is 0 Å². The normalized spacial score (nSPS) is 11.0. The standard InChI is InChI=1S/C23H46O2/c1-3-5-7-9-11-13-14-16-18-20-22-25-23(24)21-19-17-15-12-10-8-6-4-2/h3-22H2,1-2H3. The predicted molar refractivity (Wildman–Crippen MR) is 110 cm³/mol. The first kappa shape index (κ1) is 24.5. The van der Waals surface area contributed by atoms with Crippen LogP contribution in [0.1, 0.15) is 136 Å². The molecule has 0 radical (unpaired) electrons. The minimum Gasteiger partial charge on any atom is -0.466 e. The van der Waals surface area contributed by atoms with Gasteiger partial charge in [0.15, 0.2) is 0 Å². The second-order valence-electron chi connectivity index (χ2n) is 7.63. The summed E-state index contributed by atoms with van der Waals surface area (Å²) in [6, 6.07) is 0. The van der Waals surface area contributed by atoms with Crippen LogP contribution in [-0.4, -0.2) is 12.6 Å². The maximum Gasteiger partial charge on any atom is 0.305 e. The molecule has 0 amide bonds. The summed E-state index contributed by atoms with van der Waals surface area (Å²) in [5, 5.41) is 0. The monoisotopic (exact) mass is 354 g/mol. The highest BCUT2D eigenvalue weighted by atomic mass is 16.5. The van der Waals surface area contributed by atoms with E-state index >= 15 is 0 Å². The summed E-state index contributed by atoms with van der Waals surface area (Å²) < 4.78 is 5.33. The van der Waals surface area contributed by atoms with E-state index in [4.69, 9.17) is 4.74 Å². The molecule has 0 aromatic rings. The van der Waals surface area contributed by atoms with Gasteiger partial charge in [-0.05, 0) is 12.8 Å². The average molecular weight is 355 g/mol. The Morgan fingerprint density at radius 3 is 1.32 bits per heavy atom. The molecule has 0 saturated heterocycles. The zero-order valence-corrected chi connectivity index (χ0v) is 17.5. The van der Waals surface area contributed by atoms with Crippen molar-refractivity contribution >= 4 is 5.97 Å². The summed E-state index contributed by atoms with van der Waals surface area (Å²) in [4.78, 5) is 11.7. The van der Waals surface area contributed by atoms with Gasteiger partial charge in [-0.15, -0.1) is 0 Å². The fourth-order valence-corrected chi connectivity index (χ4v) is 3.25. The van der Waals surface area contributed by atoms with Gasteiger partial charge in [-0.3, -0.25) is 4.79 Å². The number of ether oxygens (including phenoxy) is 1. The lowest BCUT2D eigenvalue weighted by Crippen LogP contribution is -2.05. The van der Waals surface area contributed by atoms with Crippen LogP contribution in [0.2, 0.25) is 0 Å². The van der Waals surface area contributed by atoms with Gasteiger partial charge in [-0.1, -0.05) is 117 Å². The first-order chi connectivity index (χ1) is 12.3. The van der Waals surface area contributed by atoms with E-state index < -0.39 is 0 Å². The molecule has 2 heteroatoms. The van der Waals surface area contributed by atoms with E-state index in [-0.39, 0.29) is 5.97 Å². The quantitative estimate of drug-likeness (QED) is 0.164. The molecule has 0 spiro atoms. The molecule has 2 nitrogen and oxygen atoms in total. The highest BCUT2D eigenvalue weighted by Gasteiger charge is 2.02. The van der Waals surface area contributed by atoms with Crippen LogP contribution < -0.4 is 0 Å². The molecular weight excluding hydrogens is 308 g/mol. The molecule has 0 aromatic heterocycles. The smallest absolute Gasteiger partial charge is 0.305 e. The Kier molecular flexibility index (Phi) is 21.1. The molecule has 0 heterocycles. The highest BCUT2D eigenvalue weighted by Crippen LogP contribution is 2.11. The Balaban J connectivity index is 3.13. The van der Waals surface area contributed by atoms with Crippen molar-refractivity contribution < 1.29 is 9.53 Å². The number of carbonyl (C=O) groups is 1. The Morgan fingerprint density at radius 2 is 0.880 bits per heavy atom. The molecule has 0 aliphatic rings. The van der Waals surface area contributed by atoms with Gasteiger partial charge in [-0.25, -0.2) is 0 Å². The van der Waals surface area contributed by atoms with Crippen molar-refractivity contribution in [3.63, 3.8) is 0 Å². The largest absolute Gasteiger partial charge is 0.466 e. The Morgan fingerprint density at radius 1 is 0.520 bits per heavy atom. The Labute approximate surface area is 158 Å². The minimum absolute atomic E-state index is 0.0157. The summed E-state index contributed by atoms with van der Waals surface area (Å²) >= 11 is 0. The third-order valence-corrected chi connectivity index (χ3v) is 5.00. The van der Waals surface area contributed by atoms with Crippen molar-refractivity contribution in [3.05, 3.63) is 0 Å². The van der Waals surface area contributed by atoms with Gasteiger partial charge in [-0.2, -0.15) is 0 Å². The van der Waals surface area contributed by atoms with E-state index in [2.05, 4.69) is 13.8 Å². The number of unbranched alkanes of at least 4 members (excludes halogenated alkanes) is 16. The first-order valence-corrected chi connectivity index (χ1v) is 11.5. The topological polar surface area (TPSA) is 26.3 Å². The van der Waals surface area contributed by atoms with Crippen LogP contribution in [0.5, 0.6) is 0 Å². The maximum absolute atomic E-state index is 11.7. The van der Waals surface area contributed by atoms with Crippen LogP contribution in [0.4, 0.5) is 0 Å². The molecule has 25 heavy (non-hydrogen) atoms. The summed E-state index contributed by atoms with van der Waals surface area (Å²) in [7, 11) is 0. The number of hydrogen-bond acceptors (Lipinski definition) is 2. The zero-order chi connectivity index (χ0) is 18.4. The summed E-state index contributed by atoms with van der Waals surface area (Å²) in [5.74, 6) is 0.0157. The third kappa shape index (κ3) is 21.4. The molecule has 0 unspecified atom stereocenters. The van der Waals surface area contributed by atoms with Crippen LogP contribution in [0.3, 0.4) is 0 Å². The second kappa shape index (κ2) is 21.5. The summed E-state index contributed by atoms with van der Waals surface area (Å²) in [5.41, 5.74) is 0. The minimum atomic E-state index is 0.0157. The maximum atomic E-state index is 11.7. The van der Waals surface area contributed by atoms with Gasteiger partial charge in [0.2, 0.25) is 0 Å². The van der Waals surface area contributed by atoms with Crippen molar-refractivity contribution in [1.82, 2.24) is 0 Å². The van der Waals surface area contributed by atoms with Gasteiger partial charge in [0.25, 0.3) is 0 Å². The Bertz CT molecular complexity index is 263. The molecule has 0 aromatic carbocycles. The lowest BCUT2D eigenvalue weighted by atomic mass is 10.1. The molecule has 0 N–H and O–H groups in total. The molecule has 150 valence electrons. The van der Waals surface area contributed by atoms with Crippen molar-refractivity contribution in [1.29, 1.82) is 0 Å². The molecule has 0 aliphatic heterocycles. The molecule has 0 bridgehead atoms. The van der Waals surface area contributed by atoms with Crippen LogP contribution >= 0.6 is 0 Å². The predicted octanol–water partition coefficient (Wildman–Crippen LogP) is 7.98. The highest BCUT2D eigenvalue weighted by molar-refractivity contribution is 5.69. The SMILES string of the molecule is CCCCCCCCCCCCOC(=O)CCCCCCCCCC. The van der Waals surface area contributed by atoms with E-state index in [9.17, 15) is 4.79 Å². The van der Waals surface area contributed by atoms with Gasteiger partial charge in [0.05, 0.1) is 6.61 Å². The van der Waals surface area contributed by atoms with Crippen LogP contribution in [0, 0.1) is 0 Å². The molecule has 0 atom stereocenters. The van der Waals surface area contributed by atoms with Crippen molar-refractivity contribution in [3.8, 4) is 0 Å². The molecular formula is C23H46O2. The van der Waals surface area contributed by atoms with Crippen molar-refractivity contribution in [2.45, 2.75) is 136 Å².